The SMILES string of the molecule is Cc1ccc(C(=O)NNC(=O)CSc2nc3ccccc3cc2Cc2ccccc2)cc1. The first-order valence-electron chi connectivity index (χ1n) is 10.3. The fraction of sp³-hybridized carbons (Fsp3) is 0.115. The monoisotopic (exact) mass is 441 g/mol. The molecule has 0 atom stereocenters. The maximum Gasteiger partial charge on any atom is 0.269 e. The fourth-order valence-electron chi connectivity index (χ4n) is 3.28. The quantitative estimate of drug-likeness (QED) is 0.336. The van der Waals surface area contributed by atoms with Crippen molar-refractivity contribution in [2.24, 2.45) is 0 Å². The Labute approximate surface area is 191 Å². The molecule has 0 aliphatic heterocycles. The number of nitrogens with one attached hydrogen (secondary N) is 2. The molecule has 0 radical (unpaired) electrons. The van der Waals surface area contributed by atoms with Crippen molar-refractivity contribution in [2.45, 2.75) is 18.4 Å². The van der Waals surface area contributed by atoms with E-state index in [1.54, 1.807) is 12.1 Å². The van der Waals surface area contributed by atoms with Gasteiger partial charge in [-0.25, -0.2) is 4.98 Å². The normalized spacial score (nSPS) is 10.7. The van der Waals surface area contributed by atoms with Gasteiger partial charge in [-0.3, -0.25) is 20.4 Å². The van der Waals surface area contributed by atoms with E-state index in [9.17, 15) is 9.59 Å². The number of fused-ring (bicyclic) bond motifs is 1. The molecule has 3 aromatic carbocycles. The van der Waals surface area contributed by atoms with Gasteiger partial charge in [0.15, 0.2) is 0 Å². The molecule has 1 aromatic heterocycles. The maximum absolute atomic E-state index is 12.4. The highest BCUT2D eigenvalue weighted by Crippen LogP contribution is 2.27. The Hall–Kier alpha value is -3.64. The van der Waals surface area contributed by atoms with Crippen LogP contribution in [-0.2, 0) is 11.2 Å². The lowest BCUT2D eigenvalue weighted by Crippen LogP contribution is -2.42. The molecule has 0 aliphatic rings. The zero-order valence-electron chi connectivity index (χ0n) is 17.7. The molecule has 0 saturated carbocycles. The Morgan fingerprint density at radius 1 is 0.875 bits per heavy atom. The highest BCUT2D eigenvalue weighted by atomic mass is 32.2. The van der Waals surface area contributed by atoms with Crippen LogP contribution in [0.3, 0.4) is 0 Å². The molecular weight excluding hydrogens is 418 g/mol. The summed E-state index contributed by atoms with van der Waals surface area (Å²) in [5.41, 5.74) is 9.64. The molecule has 0 bridgehead atoms. The fourth-order valence-corrected chi connectivity index (χ4v) is 4.10. The molecule has 160 valence electrons. The number of aryl methyl sites for hydroxylation is 1. The summed E-state index contributed by atoms with van der Waals surface area (Å²) in [6.45, 7) is 1.95. The molecule has 0 spiro atoms. The Kier molecular flexibility index (Phi) is 6.82. The number of rotatable bonds is 6. The highest BCUT2D eigenvalue weighted by Gasteiger charge is 2.12. The third kappa shape index (κ3) is 5.53. The van der Waals surface area contributed by atoms with Crippen molar-refractivity contribution in [2.75, 3.05) is 5.75 Å². The number of para-hydroxylation sites is 1. The van der Waals surface area contributed by atoms with Gasteiger partial charge in [-0.1, -0.05) is 78.0 Å². The van der Waals surface area contributed by atoms with Crippen LogP contribution in [0.15, 0.2) is 90.0 Å². The number of carbonyl (C=O) groups excluding carboxylic acids is 2. The second-order valence-electron chi connectivity index (χ2n) is 7.46. The van der Waals surface area contributed by atoms with E-state index in [0.717, 1.165) is 33.5 Å². The molecule has 0 fully saturated rings. The first-order valence-corrected chi connectivity index (χ1v) is 11.3. The number of hydrogen-bond acceptors (Lipinski definition) is 4. The van der Waals surface area contributed by atoms with Gasteiger partial charge >= 0.3 is 0 Å². The molecule has 0 aliphatic carbocycles. The van der Waals surface area contributed by atoms with Gasteiger partial charge in [-0.15, -0.1) is 0 Å². The number of benzene rings is 3. The van der Waals surface area contributed by atoms with E-state index < -0.39 is 0 Å². The molecule has 32 heavy (non-hydrogen) atoms. The van der Waals surface area contributed by atoms with Gasteiger partial charge in [0.2, 0.25) is 5.91 Å². The highest BCUT2D eigenvalue weighted by molar-refractivity contribution is 7.99. The number of amides is 2. The lowest BCUT2D eigenvalue weighted by molar-refractivity contribution is -0.119. The zero-order chi connectivity index (χ0) is 22.3. The zero-order valence-corrected chi connectivity index (χ0v) is 18.5. The van der Waals surface area contributed by atoms with Crippen LogP contribution in [0.4, 0.5) is 0 Å². The molecule has 5 nitrogen and oxygen atoms in total. The predicted octanol–water partition coefficient (Wildman–Crippen LogP) is 4.69. The molecule has 0 unspecified atom stereocenters. The van der Waals surface area contributed by atoms with Crippen LogP contribution >= 0.6 is 11.8 Å². The number of nitrogens with zero attached hydrogens (tertiary/aromatic N) is 1. The van der Waals surface area contributed by atoms with Crippen molar-refractivity contribution in [3.05, 3.63) is 107 Å². The van der Waals surface area contributed by atoms with E-state index >= 15 is 0 Å². The standard InChI is InChI=1S/C26H23N3O2S/c1-18-11-13-20(14-12-18)25(31)29-28-24(30)17-32-26-22(15-19-7-3-2-4-8-19)16-21-9-5-6-10-23(21)27-26/h2-14,16H,15,17H2,1H3,(H,28,30)(H,29,31). The van der Waals surface area contributed by atoms with Gasteiger partial charge in [-0.2, -0.15) is 0 Å². The second kappa shape index (κ2) is 10.1. The third-order valence-corrected chi connectivity index (χ3v) is 6.00. The Balaban J connectivity index is 1.43. The number of hydrogen-bond donors (Lipinski definition) is 2. The van der Waals surface area contributed by atoms with Crippen molar-refractivity contribution in [3.8, 4) is 0 Å². The summed E-state index contributed by atoms with van der Waals surface area (Å²) in [7, 11) is 0. The Morgan fingerprint density at radius 3 is 2.38 bits per heavy atom. The van der Waals surface area contributed by atoms with Crippen molar-refractivity contribution in [1.29, 1.82) is 0 Å². The van der Waals surface area contributed by atoms with E-state index in [0.29, 0.717) is 5.56 Å². The minimum atomic E-state index is -0.350. The molecule has 2 amide bonds. The van der Waals surface area contributed by atoms with Crippen LogP contribution < -0.4 is 10.9 Å². The van der Waals surface area contributed by atoms with Crippen LogP contribution in [0.5, 0.6) is 0 Å². The van der Waals surface area contributed by atoms with Crippen molar-refractivity contribution in [1.82, 2.24) is 15.8 Å². The topological polar surface area (TPSA) is 71.1 Å². The summed E-state index contributed by atoms with van der Waals surface area (Å²) in [5, 5.41) is 1.88. The average Bonchev–Trinajstić information content (AvgIpc) is 2.82. The van der Waals surface area contributed by atoms with Crippen LogP contribution in [0.1, 0.15) is 27.0 Å². The van der Waals surface area contributed by atoms with Gasteiger partial charge in [0.1, 0.15) is 5.03 Å². The van der Waals surface area contributed by atoms with Crippen molar-refractivity contribution >= 4 is 34.5 Å². The van der Waals surface area contributed by atoms with Gasteiger partial charge in [0.25, 0.3) is 5.91 Å². The van der Waals surface area contributed by atoms with E-state index in [-0.39, 0.29) is 17.6 Å². The van der Waals surface area contributed by atoms with Gasteiger partial charge in [0, 0.05) is 17.4 Å². The maximum atomic E-state index is 12.4. The molecule has 0 saturated heterocycles. The Bertz CT molecular complexity index is 1240. The average molecular weight is 442 g/mol. The summed E-state index contributed by atoms with van der Waals surface area (Å²) in [5.74, 6) is -0.505. The minimum Gasteiger partial charge on any atom is -0.272 e. The van der Waals surface area contributed by atoms with E-state index in [4.69, 9.17) is 4.98 Å². The van der Waals surface area contributed by atoms with Gasteiger partial charge < -0.3 is 0 Å². The molecule has 4 aromatic rings. The molecule has 1 heterocycles. The summed E-state index contributed by atoms with van der Waals surface area (Å²) in [6, 6.07) is 27.4. The first-order chi connectivity index (χ1) is 15.6. The summed E-state index contributed by atoms with van der Waals surface area (Å²) >= 11 is 1.36. The first kappa shape index (κ1) is 21.6. The number of aromatic nitrogens is 1. The van der Waals surface area contributed by atoms with E-state index in [2.05, 4.69) is 29.1 Å². The predicted molar refractivity (Wildman–Crippen MR) is 129 cm³/mol. The molecule has 2 N–H and O–H groups in total. The summed E-state index contributed by atoms with van der Waals surface area (Å²) in [6.07, 6.45) is 0.729. The molecule has 4 rings (SSSR count). The smallest absolute Gasteiger partial charge is 0.269 e. The number of pyridine rings is 1. The molecule has 6 heteroatoms. The van der Waals surface area contributed by atoms with E-state index in [1.807, 2.05) is 61.5 Å². The third-order valence-electron chi connectivity index (χ3n) is 4.97. The van der Waals surface area contributed by atoms with Crippen molar-refractivity contribution in [3.63, 3.8) is 0 Å². The van der Waals surface area contributed by atoms with E-state index in [1.165, 1.54) is 17.3 Å². The van der Waals surface area contributed by atoms with Crippen molar-refractivity contribution < 1.29 is 9.59 Å². The lowest BCUT2D eigenvalue weighted by atomic mass is 10.0. The van der Waals surface area contributed by atoms with Gasteiger partial charge in [-0.05, 0) is 42.3 Å². The van der Waals surface area contributed by atoms with Crippen LogP contribution in [0.25, 0.3) is 10.9 Å². The Morgan fingerprint density at radius 2 is 1.59 bits per heavy atom. The lowest BCUT2D eigenvalue weighted by Gasteiger charge is -2.11. The van der Waals surface area contributed by atoms with Crippen LogP contribution in [0, 0.1) is 6.92 Å². The minimum absolute atomic E-state index is 0.140. The van der Waals surface area contributed by atoms with Gasteiger partial charge in [0.05, 0.1) is 11.3 Å². The van der Waals surface area contributed by atoms with Crippen LogP contribution in [-0.4, -0.2) is 22.6 Å². The number of thioether (sulfide) groups is 1. The number of carbonyl (C=O) groups is 2. The number of hydrazine groups is 1. The largest absolute Gasteiger partial charge is 0.272 e. The van der Waals surface area contributed by atoms with Crippen LogP contribution in [0.2, 0.25) is 0 Å². The summed E-state index contributed by atoms with van der Waals surface area (Å²) < 4.78 is 0. The molecular formula is C26H23N3O2S. The summed E-state index contributed by atoms with van der Waals surface area (Å²) in [4.78, 5) is 29.3. The second-order valence-corrected chi connectivity index (χ2v) is 8.43.